The molecule has 0 saturated carbocycles. The number of nitrogens with one attached hydrogen (secondary N) is 1. The van der Waals surface area contributed by atoms with Crippen LogP contribution < -0.4 is 15.8 Å². The van der Waals surface area contributed by atoms with Crippen molar-refractivity contribution in [2.75, 3.05) is 31.1 Å². The first-order valence-electron chi connectivity index (χ1n) is 6.92. The summed E-state index contributed by atoms with van der Waals surface area (Å²) in [7, 11) is 0. The Bertz CT molecular complexity index is 518. The molecule has 0 aromatic carbocycles. The Labute approximate surface area is 121 Å². The lowest BCUT2D eigenvalue weighted by Crippen LogP contribution is -2.30. The highest BCUT2D eigenvalue weighted by Crippen LogP contribution is 2.32. The summed E-state index contributed by atoms with van der Waals surface area (Å²) in [5, 5.41) is 7.71. The summed E-state index contributed by atoms with van der Waals surface area (Å²) in [6.45, 7) is 6.96. The predicted octanol–water partition coefficient (Wildman–Crippen LogP) is 1.07. The van der Waals surface area contributed by atoms with E-state index in [0.717, 1.165) is 38.3 Å². The van der Waals surface area contributed by atoms with Crippen LogP contribution in [0.25, 0.3) is 0 Å². The monoisotopic (exact) mass is 326 g/mol. The lowest BCUT2D eigenvalue weighted by atomic mass is 10.0. The van der Waals surface area contributed by atoms with Crippen LogP contribution in [0.3, 0.4) is 0 Å². The fraction of sp³-hybridized carbons (Fsp3) is 0.692. The van der Waals surface area contributed by atoms with Crippen molar-refractivity contribution >= 4 is 21.6 Å². The molecule has 19 heavy (non-hydrogen) atoms. The highest BCUT2D eigenvalue weighted by molar-refractivity contribution is 9.10. The topological polar surface area (TPSA) is 50.2 Å². The molecule has 2 aliphatic rings. The van der Waals surface area contributed by atoms with Gasteiger partial charge in [-0.2, -0.15) is 5.10 Å². The Morgan fingerprint density at radius 2 is 2.11 bits per heavy atom. The normalized spacial score (nSPS) is 25.9. The van der Waals surface area contributed by atoms with E-state index in [-0.39, 0.29) is 5.56 Å². The molecule has 0 amide bonds. The van der Waals surface area contributed by atoms with Crippen LogP contribution in [0.15, 0.2) is 15.5 Å². The van der Waals surface area contributed by atoms with Gasteiger partial charge in [-0.15, -0.1) is 0 Å². The molecule has 1 aromatic heterocycles. The maximum atomic E-state index is 12.2. The fourth-order valence-corrected chi connectivity index (χ4v) is 3.66. The van der Waals surface area contributed by atoms with E-state index < -0.39 is 0 Å². The number of anilines is 1. The minimum atomic E-state index is -0.0189. The minimum Gasteiger partial charge on any atom is -0.368 e. The maximum absolute atomic E-state index is 12.2. The van der Waals surface area contributed by atoms with Crippen molar-refractivity contribution in [2.24, 2.45) is 11.8 Å². The van der Waals surface area contributed by atoms with E-state index in [0.29, 0.717) is 22.9 Å². The average molecular weight is 327 g/mol. The molecule has 0 spiro atoms. The van der Waals surface area contributed by atoms with Crippen molar-refractivity contribution < 1.29 is 0 Å². The summed E-state index contributed by atoms with van der Waals surface area (Å²) in [6.07, 6.45) is 2.74. The third-order valence-corrected chi connectivity index (χ3v) is 4.88. The van der Waals surface area contributed by atoms with Crippen LogP contribution in [-0.2, 0) is 6.54 Å². The number of fused-ring (bicyclic) bond motifs is 1. The lowest BCUT2D eigenvalue weighted by Gasteiger charge is -2.21. The zero-order valence-electron chi connectivity index (χ0n) is 11.1. The molecule has 2 fully saturated rings. The standard InChI is InChI=1S/C13H19BrN4O/c1-2-3-18-13(19)12(14)11(6-16-18)17-7-9-4-15-5-10(9)8-17/h6,9-10,15H,2-5,7-8H2,1H3. The van der Waals surface area contributed by atoms with E-state index in [1.165, 1.54) is 4.68 Å². The van der Waals surface area contributed by atoms with Crippen LogP contribution in [0.5, 0.6) is 0 Å². The molecule has 3 rings (SSSR count). The van der Waals surface area contributed by atoms with Gasteiger partial charge in [0.05, 0.1) is 11.9 Å². The van der Waals surface area contributed by atoms with Gasteiger partial charge in [-0.25, -0.2) is 4.68 Å². The molecule has 1 N–H and O–H groups in total. The smallest absolute Gasteiger partial charge is 0.283 e. The number of hydrogen-bond acceptors (Lipinski definition) is 4. The molecule has 2 saturated heterocycles. The molecular weight excluding hydrogens is 308 g/mol. The molecule has 5 nitrogen and oxygen atoms in total. The second-order valence-corrected chi connectivity index (χ2v) is 6.25. The van der Waals surface area contributed by atoms with Gasteiger partial charge >= 0.3 is 0 Å². The Hall–Kier alpha value is -0.880. The van der Waals surface area contributed by atoms with E-state index in [2.05, 4.69) is 31.2 Å². The van der Waals surface area contributed by atoms with Gasteiger partial charge in [-0.3, -0.25) is 4.79 Å². The highest BCUT2D eigenvalue weighted by atomic mass is 79.9. The summed E-state index contributed by atoms with van der Waals surface area (Å²) >= 11 is 3.46. The van der Waals surface area contributed by atoms with Crippen LogP contribution in [-0.4, -0.2) is 36.0 Å². The van der Waals surface area contributed by atoms with Crippen molar-refractivity contribution in [1.29, 1.82) is 0 Å². The predicted molar refractivity (Wildman–Crippen MR) is 78.6 cm³/mol. The lowest BCUT2D eigenvalue weighted by molar-refractivity contribution is 0.533. The first-order chi connectivity index (χ1) is 9.20. The number of nitrogens with zero attached hydrogens (tertiary/aromatic N) is 3. The summed E-state index contributed by atoms with van der Waals surface area (Å²) < 4.78 is 2.19. The van der Waals surface area contributed by atoms with Crippen LogP contribution in [0.1, 0.15) is 13.3 Å². The SMILES string of the molecule is CCCn1ncc(N2CC3CNCC3C2)c(Br)c1=O. The zero-order valence-corrected chi connectivity index (χ0v) is 12.7. The van der Waals surface area contributed by atoms with Gasteiger partial charge in [-0.1, -0.05) is 6.92 Å². The van der Waals surface area contributed by atoms with Gasteiger partial charge in [0.2, 0.25) is 0 Å². The summed E-state index contributed by atoms with van der Waals surface area (Å²) in [4.78, 5) is 14.5. The molecule has 1 aromatic rings. The van der Waals surface area contributed by atoms with Crippen LogP contribution in [0.4, 0.5) is 5.69 Å². The van der Waals surface area contributed by atoms with E-state index in [9.17, 15) is 4.79 Å². The first kappa shape index (κ1) is 13.1. The van der Waals surface area contributed by atoms with Crippen LogP contribution in [0, 0.1) is 11.8 Å². The van der Waals surface area contributed by atoms with Crippen molar-refractivity contribution in [2.45, 2.75) is 19.9 Å². The number of halogens is 1. The third-order valence-electron chi connectivity index (χ3n) is 4.13. The Morgan fingerprint density at radius 3 is 2.74 bits per heavy atom. The number of aromatic nitrogens is 2. The van der Waals surface area contributed by atoms with Gasteiger partial charge in [0, 0.05) is 32.7 Å². The van der Waals surface area contributed by atoms with Gasteiger partial charge in [0.25, 0.3) is 5.56 Å². The van der Waals surface area contributed by atoms with E-state index >= 15 is 0 Å². The minimum absolute atomic E-state index is 0.0189. The molecule has 0 radical (unpaired) electrons. The van der Waals surface area contributed by atoms with E-state index in [4.69, 9.17) is 0 Å². The molecule has 2 aliphatic heterocycles. The molecule has 2 unspecified atom stereocenters. The summed E-state index contributed by atoms with van der Waals surface area (Å²) in [5.41, 5.74) is 0.932. The second-order valence-electron chi connectivity index (χ2n) is 5.46. The number of aryl methyl sites for hydroxylation is 1. The molecule has 6 heteroatoms. The maximum Gasteiger partial charge on any atom is 0.283 e. The van der Waals surface area contributed by atoms with Gasteiger partial charge in [0.1, 0.15) is 4.47 Å². The first-order valence-corrected chi connectivity index (χ1v) is 7.71. The Balaban J connectivity index is 1.86. The molecule has 3 heterocycles. The van der Waals surface area contributed by atoms with Crippen molar-refractivity contribution in [1.82, 2.24) is 15.1 Å². The molecule has 0 aliphatic carbocycles. The molecule has 0 bridgehead atoms. The van der Waals surface area contributed by atoms with Crippen LogP contribution >= 0.6 is 15.9 Å². The van der Waals surface area contributed by atoms with Gasteiger partial charge in [-0.05, 0) is 34.2 Å². The summed E-state index contributed by atoms with van der Waals surface area (Å²) in [6, 6.07) is 0. The largest absolute Gasteiger partial charge is 0.368 e. The van der Waals surface area contributed by atoms with Crippen molar-refractivity contribution in [3.63, 3.8) is 0 Å². The zero-order chi connectivity index (χ0) is 13.4. The van der Waals surface area contributed by atoms with E-state index in [1.807, 2.05) is 13.1 Å². The van der Waals surface area contributed by atoms with Crippen molar-refractivity contribution in [3.8, 4) is 0 Å². The Kier molecular flexibility index (Phi) is 3.62. The van der Waals surface area contributed by atoms with Crippen LogP contribution in [0.2, 0.25) is 0 Å². The number of rotatable bonds is 3. The molecule has 2 atom stereocenters. The van der Waals surface area contributed by atoms with Gasteiger partial charge in [0.15, 0.2) is 0 Å². The average Bonchev–Trinajstić information content (AvgIpc) is 2.96. The second kappa shape index (κ2) is 5.25. The third kappa shape index (κ3) is 2.31. The summed E-state index contributed by atoms with van der Waals surface area (Å²) in [5.74, 6) is 1.43. The van der Waals surface area contributed by atoms with E-state index in [1.54, 1.807) is 0 Å². The Morgan fingerprint density at radius 1 is 1.42 bits per heavy atom. The van der Waals surface area contributed by atoms with Crippen molar-refractivity contribution in [3.05, 3.63) is 21.0 Å². The quantitative estimate of drug-likeness (QED) is 0.902. The molecular formula is C13H19BrN4O. The fourth-order valence-electron chi connectivity index (χ4n) is 3.10. The number of hydrogen-bond donors (Lipinski definition) is 1. The molecule has 104 valence electrons. The highest BCUT2D eigenvalue weighted by Gasteiger charge is 2.37. The van der Waals surface area contributed by atoms with Gasteiger partial charge < -0.3 is 10.2 Å².